The van der Waals surface area contributed by atoms with Crippen LogP contribution >= 0.6 is 0 Å². The second-order valence-corrected chi connectivity index (χ2v) is 6.78. The number of nitrogens with one attached hydrogen (secondary N) is 2. The van der Waals surface area contributed by atoms with Gasteiger partial charge in [-0.3, -0.25) is 14.5 Å². The quantitative estimate of drug-likeness (QED) is 0.487. The molecule has 0 saturated carbocycles. The van der Waals surface area contributed by atoms with Gasteiger partial charge < -0.3 is 0 Å². The molecule has 0 aliphatic rings. The average Bonchev–Trinajstić information content (AvgIpc) is 2.76. The number of hydroxylamine groups is 2. The van der Waals surface area contributed by atoms with Crippen molar-refractivity contribution in [3.8, 4) is 0 Å². The van der Waals surface area contributed by atoms with Gasteiger partial charge in [-0.2, -0.15) is 5.48 Å². The third-order valence-electron chi connectivity index (χ3n) is 4.36. The van der Waals surface area contributed by atoms with Crippen molar-refractivity contribution in [2.75, 3.05) is 0 Å². The van der Waals surface area contributed by atoms with Crippen LogP contribution in [-0.2, 0) is 34.1 Å². The molecule has 0 radical (unpaired) electrons. The van der Waals surface area contributed by atoms with Crippen LogP contribution in [0.15, 0.2) is 91.0 Å². The van der Waals surface area contributed by atoms with E-state index >= 15 is 0 Å². The van der Waals surface area contributed by atoms with Crippen LogP contribution in [0.1, 0.15) is 23.1 Å². The maximum Gasteiger partial charge on any atom is 0.245 e. The first-order valence-corrected chi connectivity index (χ1v) is 9.69. The molecule has 0 aliphatic heterocycles. The van der Waals surface area contributed by atoms with Crippen LogP contribution in [0.25, 0.3) is 0 Å². The lowest BCUT2D eigenvalue weighted by Crippen LogP contribution is -2.37. The van der Waals surface area contributed by atoms with Crippen molar-refractivity contribution < 1.29 is 14.5 Å². The fourth-order valence-electron chi connectivity index (χ4n) is 2.91. The summed E-state index contributed by atoms with van der Waals surface area (Å²) >= 11 is 0. The van der Waals surface area contributed by atoms with Crippen molar-refractivity contribution in [2.24, 2.45) is 0 Å². The zero-order chi connectivity index (χ0) is 20.2. The van der Waals surface area contributed by atoms with Crippen LogP contribution in [0, 0.1) is 0 Å². The number of benzene rings is 3. The highest BCUT2D eigenvalue weighted by atomic mass is 16.7. The molecule has 0 fully saturated rings. The molecule has 3 aromatic rings. The van der Waals surface area contributed by atoms with Gasteiger partial charge in [-0.15, -0.1) is 0 Å². The number of hydrogen-bond acceptors (Lipinski definition) is 4. The topological polar surface area (TPSA) is 59.6 Å². The molecule has 0 unspecified atom stereocenters. The molecule has 0 bridgehead atoms. The van der Waals surface area contributed by atoms with Gasteiger partial charge in [-0.25, -0.2) is 5.48 Å². The molecule has 0 saturated heterocycles. The van der Waals surface area contributed by atoms with Crippen LogP contribution < -0.4 is 11.0 Å². The summed E-state index contributed by atoms with van der Waals surface area (Å²) in [6.07, 6.45) is 0.903. The van der Waals surface area contributed by atoms with Gasteiger partial charge in [-0.05, 0) is 23.1 Å². The normalized spacial score (nSPS) is 11.7. The molecule has 0 spiro atoms. The van der Waals surface area contributed by atoms with Crippen LogP contribution in [0.5, 0.6) is 0 Å². The van der Waals surface area contributed by atoms with E-state index in [-0.39, 0.29) is 18.4 Å². The second kappa shape index (κ2) is 11.8. The minimum absolute atomic E-state index is 0.179. The molecule has 5 heteroatoms. The first-order valence-electron chi connectivity index (χ1n) is 9.69. The molecule has 150 valence electrons. The number of amides is 1. The van der Waals surface area contributed by atoms with E-state index in [9.17, 15) is 4.79 Å². The molecule has 1 amide bonds. The minimum Gasteiger partial charge on any atom is -0.297 e. The third-order valence-corrected chi connectivity index (χ3v) is 4.36. The molecule has 3 rings (SSSR count). The largest absolute Gasteiger partial charge is 0.297 e. The number of rotatable bonds is 11. The summed E-state index contributed by atoms with van der Waals surface area (Å²) in [5, 5.41) is 0. The lowest BCUT2D eigenvalue weighted by atomic mass is 10.0. The van der Waals surface area contributed by atoms with Crippen LogP contribution in [0.3, 0.4) is 0 Å². The monoisotopic (exact) mass is 390 g/mol. The van der Waals surface area contributed by atoms with Crippen molar-refractivity contribution in [1.29, 1.82) is 0 Å². The zero-order valence-electron chi connectivity index (χ0n) is 16.3. The fourth-order valence-corrected chi connectivity index (χ4v) is 2.91. The number of hydrogen-bond donors (Lipinski definition) is 2. The van der Waals surface area contributed by atoms with Crippen molar-refractivity contribution in [3.63, 3.8) is 0 Å². The molecule has 1 atom stereocenters. The summed E-state index contributed by atoms with van der Waals surface area (Å²) in [6, 6.07) is 29.5. The lowest BCUT2D eigenvalue weighted by Gasteiger charge is -2.18. The average molecular weight is 390 g/mol. The van der Waals surface area contributed by atoms with Gasteiger partial charge in [0.05, 0.1) is 13.2 Å². The first kappa shape index (κ1) is 20.7. The maximum absolute atomic E-state index is 12.3. The Balaban J connectivity index is 1.48. The van der Waals surface area contributed by atoms with E-state index < -0.39 is 0 Å². The van der Waals surface area contributed by atoms with E-state index in [0.717, 1.165) is 16.7 Å². The Morgan fingerprint density at radius 1 is 0.690 bits per heavy atom. The Hall–Kier alpha value is -2.99. The van der Waals surface area contributed by atoms with E-state index in [1.807, 2.05) is 91.0 Å². The zero-order valence-corrected chi connectivity index (χ0v) is 16.3. The van der Waals surface area contributed by atoms with Crippen LogP contribution in [0.4, 0.5) is 0 Å². The molecule has 0 heterocycles. The molecular formula is C24H26N2O3. The van der Waals surface area contributed by atoms with Crippen molar-refractivity contribution in [1.82, 2.24) is 11.0 Å². The van der Waals surface area contributed by atoms with E-state index in [0.29, 0.717) is 19.6 Å². The Bertz CT molecular complexity index is 842. The first-order chi connectivity index (χ1) is 14.3. The summed E-state index contributed by atoms with van der Waals surface area (Å²) in [6.45, 7) is 0.756. The number of carbonyl (C=O) groups is 1. The van der Waals surface area contributed by atoms with Gasteiger partial charge in [-0.1, -0.05) is 91.0 Å². The Morgan fingerprint density at radius 2 is 1.17 bits per heavy atom. The van der Waals surface area contributed by atoms with Gasteiger partial charge in [0.1, 0.15) is 0 Å². The summed E-state index contributed by atoms with van der Waals surface area (Å²) < 4.78 is 0. The highest BCUT2D eigenvalue weighted by Crippen LogP contribution is 2.08. The summed E-state index contributed by atoms with van der Waals surface area (Å²) in [5.74, 6) is -0.197. The Labute approximate surface area is 171 Å². The molecule has 29 heavy (non-hydrogen) atoms. The molecule has 5 nitrogen and oxygen atoms in total. The molecule has 0 aromatic heterocycles. The Morgan fingerprint density at radius 3 is 1.72 bits per heavy atom. The fraction of sp³-hybridized carbons (Fsp3) is 0.208. The smallest absolute Gasteiger partial charge is 0.245 e. The second-order valence-electron chi connectivity index (χ2n) is 6.78. The van der Waals surface area contributed by atoms with E-state index in [1.165, 1.54) is 0 Å². The van der Waals surface area contributed by atoms with Gasteiger partial charge in [0, 0.05) is 12.5 Å². The van der Waals surface area contributed by atoms with Gasteiger partial charge in [0.2, 0.25) is 5.91 Å². The predicted octanol–water partition coefficient (Wildman–Crippen LogP) is 3.96. The molecule has 2 N–H and O–H groups in total. The summed E-state index contributed by atoms with van der Waals surface area (Å²) in [7, 11) is 0. The van der Waals surface area contributed by atoms with Crippen LogP contribution in [0.2, 0.25) is 0 Å². The SMILES string of the molecule is O=C(C[C@H](Cc1ccccc1)NOCc1ccccc1)NOCc1ccccc1. The predicted molar refractivity (Wildman–Crippen MR) is 112 cm³/mol. The third kappa shape index (κ3) is 7.87. The van der Waals surface area contributed by atoms with Gasteiger partial charge in [0.25, 0.3) is 0 Å². The molecular weight excluding hydrogens is 364 g/mol. The van der Waals surface area contributed by atoms with Crippen molar-refractivity contribution >= 4 is 5.91 Å². The summed E-state index contributed by atoms with van der Waals surface area (Å²) in [5.41, 5.74) is 8.75. The highest BCUT2D eigenvalue weighted by Gasteiger charge is 2.15. The van der Waals surface area contributed by atoms with Crippen molar-refractivity contribution in [3.05, 3.63) is 108 Å². The minimum atomic E-state index is -0.197. The highest BCUT2D eigenvalue weighted by molar-refractivity contribution is 5.75. The van der Waals surface area contributed by atoms with Gasteiger partial charge >= 0.3 is 0 Å². The van der Waals surface area contributed by atoms with Crippen LogP contribution in [-0.4, -0.2) is 11.9 Å². The van der Waals surface area contributed by atoms with E-state index in [4.69, 9.17) is 9.68 Å². The number of carbonyl (C=O) groups excluding carboxylic acids is 1. The standard InChI is InChI=1S/C24H26N2O3/c27-24(26-29-19-22-14-8-3-9-15-22)17-23(16-20-10-4-1-5-11-20)25-28-18-21-12-6-2-7-13-21/h1-15,23,25H,16-19H2,(H,26,27)/t23-/m0/s1. The maximum atomic E-state index is 12.3. The lowest BCUT2D eigenvalue weighted by molar-refractivity contribution is -0.136. The molecule has 3 aromatic carbocycles. The molecule has 0 aliphatic carbocycles. The van der Waals surface area contributed by atoms with E-state index in [1.54, 1.807) is 0 Å². The Kier molecular flexibility index (Phi) is 8.41. The van der Waals surface area contributed by atoms with Gasteiger partial charge in [0.15, 0.2) is 0 Å². The van der Waals surface area contributed by atoms with E-state index in [2.05, 4.69) is 11.0 Å². The van der Waals surface area contributed by atoms with Crippen molar-refractivity contribution in [2.45, 2.75) is 32.1 Å². The summed E-state index contributed by atoms with van der Waals surface area (Å²) in [4.78, 5) is 23.3.